The van der Waals surface area contributed by atoms with E-state index in [0.717, 1.165) is 25.7 Å². The number of hydrogen-bond acceptors (Lipinski definition) is 4. The number of sulfonamides is 1. The van der Waals surface area contributed by atoms with Crippen LogP contribution >= 0.6 is 0 Å². The van der Waals surface area contributed by atoms with E-state index in [1.165, 1.54) is 19.2 Å². The second kappa shape index (κ2) is 5.61. The van der Waals surface area contributed by atoms with E-state index in [1.807, 2.05) is 0 Å². The summed E-state index contributed by atoms with van der Waals surface area (Å²) in [6.07, 6.45) is 4.36. The van der Waals surface area contributed by atoms with Crippen molar-refractivity contribution in [2.45, 2.75) is 37.5 Å². The SMILES string of the molecule is CCCC1(CNS(=O)(=O)c2ccc(OC)c(N)c2)CC1. The van der Waals surface area contributed by atoms with Crippen molar-refractivity contribution in [2.75, 3.05) is 19.4 Å². The zero-order chi connectivity index (χ0) is 14.8. The minimum atomic E-state index is -3.50. The molecule has 1 aliphatic carbocycles. The number of rotatable bonds is 7. The zero-order valence-electron chi connectivity index (χ0n) is 12.0. The molecule has 0 aromatic heterocycles. The maximum absolute atomic E-state index is 12.3. The topological polar surface area (TPSA) is 81.4 Å². The van der Waals surface area contributed by atoms with Crippen LogP contribution in [0.2, 0.25) is 0 Å². The second-order valence-electron chi connectivity index (χ2n) is 5.48. The predicted octanol–water partition coefficient (Wildman–Crippen LogP) is 2.14. The highest BCUT2D eigenvalue weighted by Gasteiger charge is 2.42. The molecule has 0 bridgehead atoms. The van der Waals surface area contributed by atoms with Gasteiger partial charge in [-0.2, -0.15) is 0 Å². The molecule has 1 aromatic rings. The monoisotopic (exact) mass is 298 g/mol. The van der Waals surface area contributed by atoms with Crippen molar-refractivity contribution in [1.29, 1.82) is 0 Å². The van der Waals surface area contributed by atoms with Crippen LogP contribution in [-0.2, 0) is 10.0 Å². The molecule has 0 spiro atoms. The highest BCUT2D eigenvalue weighted by Crippen LogP contribution is 2.49. The first-order chi connectivity index (χ1) is 9.42. The van der Waals surface area contributed by atoms with Crippen LogP contribution in [0, 0.1) is 5.41 Å². The Morgan fingerprint density at radius 3 is 2.60 bits per heavy atom. The fraction of sp³-hybridized carbons (Fsp3) is 0.571. The van der Waals surface area contributed by atoms with E-state index in [9.17, 15) is 8.42 Å². The van der Waals surface area contributed by atoms with Crippen LogP contribution in [0.25, 0.3) is 0 Å². The van der Waals surface area contributed by atoms with E-state index < -0.39 is 10.0 Å². The van der Waals surface area contributed by atoms with E-state index in [-0.39, 0.29) is 10.3 Å². The Bertz CT molecular complexity index is 580. The van der Waals surface area contributed by atoms with Crippen LogP contribution in [0.4, 0.5) is 5.69 Å². The maximum Gasteiger partial charge on any atom is 0.240 e. The number of nitrogens with two attached hydrogens (primary N) is 1. The predicted molar refractivity (Wildman–Crippen MR) is 79.2 cm³/mol. The highest BCUT2D eigenvalue weighted by atomic mass is 32.2. The smallest absolute Gasteiger partial charge is 0.240 e. The molecule has 0 aliphatic heterocycles. The van der Waals surface area contributed by atoms with Crippen LogP contribution in [-0.4, -0.2) is 22.1 Å². The summed E-state index contributed by atoms with van der Waals surface area (Å²) in [5.41, 5.74) is 6.26. The lowest BCUT2D eigenvalue weighted by molar-refractivity contribution is 0.416. The molecule has 1 aliphatic rings. The summed E-state index contributed by atoms with van der Waals surface area (Å²) in [6.45, 7) is 2.63. The largest absolute Gasteiger partial charge is 0.495 e. The van der Waals surface area contributed by atoms with E-state index in [2.05, 4.69) is 11.6 Å². The molecule has 1 saturated carbocycles. The third-order valence-electron chi connectivity index (χ3n) is 3.89. The molecule has 112 valence electrons. The lowest BCUT2D eigenvalue weighted by Gasteiger charge is -2.15. The number of ether oxygens (including phenoxy) is 1. The Labute approximate surface area is 120 Å². The molecule has 3 N–H and O–H groups in total. The van der Waals surface area contributed by atoms with Crippen molar-refractivity contribution in [3.8, 4) is 5.75 Å². The van der Waals surface area contributed by atoms with Crippen LogP contribution < -0.4 is 15.2 Å². The first-order valence-corrected chi connectivity index (χ1v) is 8.34. The Morgan fingerprint density at radius 1 is 1.40 bits per heavy atom. The van der Waals surface area contributed by atoms with Gasteiger partial charge in [0.15, 0.2) is 0 Å². The molecule has 0 saturated heterocycles. The molecular formula is C14H22N2O3S. The minimum absolute atomic E-state index is 0.180. The standard InChI is InChI=1S/C14H22N2O3S/c1-3-6-14(7-8-14)10-16-20(17,18)11-4-5-13(19-2)12(15)9-11/h4-5,9,16H,3,6-8,10,15H2,1-2H3. The van der Waals surface area contributed by atoms with Gasteiger partial charge in [-0.05, 0) is 42.9 Å². The molecule has 0 atom stereocenters. The average Bonchev–Trinajstić information content (AvgIpc) is 3.17. The Kier molecular flexibility index (Phi) is 4.25. The summed E-state index contributed by atoms with van der Waals surface area (Å²) in [7, 11) is -2.01. The third-order valence-corrected chi connectivity index (χ3v) is 5.29. The van der Waals surface area contributed by atoms with Gasteiger partial charge >= 0.3 is 0 Å². The van der Waals surface area contributed by atoms with Gasteiger partial charge in [-0.25, -0.2) is 13.1 Å². The van der Waals surface area contributed by atoms with Gasteiger partial charge in [-0.3, -0.25) is 0 Å². The van der Waals surface area contributed by atoms with Crippen molar-refractivity contribution in [2.24, 2.45) is 5.41 Å². The van der Waals surface area contributed by atoms with E-state index in [4.69, 9.17) is 10.5 Å². The van der Waals surface area contributed by atoms with Crippen molar-refractivity contribution < 1.29 is 13.2 Å². The number of benzene rings is 1. The average molecular weight is 298 g/mol. The molecule has 0 amide bonds. The van der Waals surface area contributed by atoms with Crippen molar-refractivity contribution in [1.82, 2.24) is 4.72 Å². The fourth-order valence-electron chi connectivity index (χ4n) is 2.43. The molecular weight excluding hydrogens is 276 g/mol. The second-order valence-corrected chi connectivity index (χ2v) is 7.25. The van der Waals surface area contributed by atoms with Gasteiger partial charge in [0.25, 0.3) is 0 Å². The highest BCUT2D eigenvalue weighted by molar-refractivity contribution is 7.89. The number of methoxy groups -OCH3 is 1. The van der Waals surface area contributed by atoms with Gasteiger partial charge in [0.2, 0.25) is 10.0 Å². The molecule has 0 unspecified atom stereocenters. The lowest BCUT2D eigenvalue weighted by Crippen LogP contribution is -2.30. The Balaban J connectivity index is 2.09. The first-order valence-electron chi connectivity index (χ1n) is 6.86. The summed E-state index contributed by atoms with van der Waals surface area (Å²) in [6, 6.07) is 4.51. The van der Waals surface area contributed by atoms with Crippen LogP contribution in [0.15, 0.2) is 23.1 Å². The van der Waals surface area contributed by atoms with Gasteiger partial charge in [-0.15, -0.1) is 0 Å². The van der Waals surface area contributed by atoms with Gasteiger partial charge in [-0.1, -0.05) is 13.3 Å². The number of anilines is 1. The van der Waals surface area contributed by atoms with E-state index in [0.29, 0.717) is 18.0 Å². The van der Waals surface area contributed by atoms with Crippen LogP contribution in [0.1, 0.15) is 32.6 Å². The molecule has 5 nitrogen and oxygen atoms in total. The molecule has 1 fully saturated rings. The first kappa shape index (κ1) is 15.1. The van der Waals surface area contributed by atoms with Crippen molar-refractivity contribution in [3.63, 3.8) is 0 Å². The van der Waals surface area contributed by atoms with Gasteiger partial charge in [0, 0.05) is 6.54 Å². The van der Waals surface area contributed by atoms with Crippen LogP contribution in [0.3, 0.4) is 0 Å². The molecule has 0 radical (unpaired) electrons. The van der Waals surface area contributed by atoms with E-state index in [1.54, 1.807) is 6.07 Å². The summed E-state index contributed by atoms with van der Waals surface area (Å²) < 4.78 is 32.2. The molecule has 6 heteroatoms. The molecule has 20 heavy (non-hydrogen) atoms. The lowest BCUT2D eigenvalue weighted by atomic mass is 10.0. The normalized spacial score (nSPS) is 16.9. The molecule has 2 rings (SSSR count). The quantitative estimate of drug-likeness (QED) is 0.756. The van der Waals surface area contributed by atoms with Gasteiger partial charge in [0.1, 0.15) is 5.75 Å². The zero-order valence-corrected chi connectivity index (χ0v) is 12.8. The summed E-state index contributed by atoms with van der Waals surface area (Å²) in [5.74, 6) is 0.480. The Hall–Kier alpha value is -1.27. The molecule has 1 aromatic carbocycles. The van der Waals surface area contributed by atoms with Crippen molar-refractivity contribution >= 4 is 15.7 Å². The molecule has 0 heterocycles. The van der Waals surface area contributed by atoms with Gasteiger partial charge in [0.05, 0.1) is 17.7 Å². The summed E-state index contributed by atoms with van der Waals surface area (Å²) in [4.78, 5) is 0.183. The summed E-state index contributed by atoms with van der Waals surface area (Å²) in [5, 5.41) is 0. The van der Waals surface area contributed by atoms with E-state index >= 15 is 0 Å². The summed E-state index contributed by atoms with van der Waals surface area (Å²) >= 11 is 0. The Morgan fingerprint density at radius 2 is 2.10 bits per heavy atom. The minimum Gasteiger partial charge on any atom is -0.495 e. The van der Waals surface area contributed by atoms with Crippen LogP contribution in [0.5, 0.6) is 5.75 Å². The third kappa shape index (κ3) is 3.24. The maximum atomic E-state index is 12.3. The fourth-order valence-corrected chi connectivity index (χ4v) is 3.63. The number of nitrogen functional groups attached to an aromatic ring is 1. The number of nitrogens with one attached hydrogen (secondary N) is 1. The van der Waals surface area contributed by atoms with Crippen molar-refractivity contribution in [3.05, 3.63) is 18.2 Å². The van der Waals surface area contributed by atoms with Gasteiger partial charge < -0.3 is 10.5 Å². The number of hydrogen-bond donors (Lipinski definition) is 2.